The molecule has 2 saturated heterocycles. The normalized spacial score (nSPS) is 25.9. The van der Waals surface area contributed by atoms with E-state index in [4.69, 9.17) is 9.47 Å². The number of carbonyl (C=O) groups excluding carboxylic acids is 1. The maximum Gasteiger partial charge on any atom is 0.226 e. The van der Waals surface area contributed by atoms with E-state index in [9.17, 15) is 4.79 Å². The van der Waals surface area contributed by atoms with Crippen LogP contribution in [0.25, 0.3) is 0 Å². The Hall–Kier alpha value is -1.43. The third-order valence-electron chi connectivity index (χ3n) is 4.89. The quantitative estimate of drug-likeness (QED) is 0.845. The van der Waals surface area contributed by atoms with Gasteiger partial charge in [-0.1, -0.05) is 30.3 Å². The summed E-state index contributed by atoms with van der Waals surface area (Å²) in [5.41, 5.74) is 1.16. The number of ether oxygens (including phenoxy) is 2. The van der Waals surface area contributed by atoms with Crippen molar-refractivity contribution in [3.8, 4) is 0 Å². The van der Waals surface area contributed by atoms with E-state index in [1.807, 2.05) is 32.3 Å². The Balaban J connectivity index is 1.85. The SMILES string of the molecule is CN(C)C[C@@H]1OCCN(C(=O)C2CCOCC2)[C@H]1c1ccccc1. The maximum absolute atomic E-state index is 13.2. The Morgan fingerprint density at radius 2 is 1.88 bits per heavy atom. The van der Waals surface area contributed by atoms with Crippen molar-refractivity contribution in [2.45, 2.75) is 25.0 Å². The van der Waals surface area contributed by atoms with Crippen LogP contribution in [0.2, 0.25) is 0 Å². The van der Waals surface area contributed by atoms with Gasteiger partial charge >= 0.3 is 0 Å². The molecule has 0 aliphatic carbocycles. The van der Waals surface area contributed by atoms with E-state index >= 15 is 0 Å². The third kappa shape index (κ3) is 3.97. The first-order valence-electron chi connectivity index (χ1n) is 8.86. The van der Waals surface area contributed by atoms with E-state index in [1.165, 1.54) is 0 Å². The van der Waals surface area contributed by atoms with Gasteiger partial charge in [0.1, 0.15) is 0 Å². The molecule has 132 valence electrons. The number of likely N-dealkylation sites (N-methyl/N-ethyl adjacent to an activating group) is 1. The largest absolute Gasteiger partial charge is 0.381 e. The fourth-order valence-corrected chi connectivity index (χ4v) is 3.72. The molecule has 0 spiro atoms. The smallest absolute Gasteiger partial charge is 0.226 e. The number of rotatable bonds is 4. The van der Waals surface area contributed by atoms with E-state index in [1.54, 1.807) is 0 Å². The lowest BCUT2D eigenvalue weighted by atomic mass is 9.93. The summed E-state index contributed by atoms with van der Waals surface area (Å²) in [6.07, 6.45) is 1.66. The predicted molar refractivity (Wildman–Crippen MR) is 92.7 cm³/mol. The van der Waals surface area contributed by atoms with Crippen LogP contribution in [-0.4, -0.2) is 68.8 Å². The number of amides is 1. The number of hydrogen-bond donors (Lipinski definition) is 0. The molecule has 5 heteroatoms. The van der Waals surface area contributed by atoms with Crippen LogP contribution in [0.5, 0.6) is 0 Å². The monoisotopic (exact) mass is 332 g/mol. The highest BCUT2D eigenvalue weighted by atomic mass is 16.5. The lowest BCUT2D eigenvalue weighted by Crippen LogP contribution is -2.53. The molecule has 5 nitrogen and oxygen atoms in total. The van der Waals surface area contributed by atoms with E-state index < -0.39 is 0 Å². The fourth-order valence-electron chi connectivity index (χ4n) is 3.72. The van der Waals surface area contributed by atoms with Crippen LogP contribution in [0, 0.1) is 5.92 Å². The number of hydrogen-bond acceptors (Lipinski definition) is 4. The Bertz CT molecular complexity index is 529. The number of benzene rings is 1. The van der Waals surface area contributed by atoms with Crippen molar-refractivity contribution in [3.63, 3.8) is 0 Å². The highest BCUT2D eigenvalue weighted by Gasteiger charge is 2.39. The molecule has 2 atom stereocenters. The number of carbonyl (C=O) groups is 1. The van der Waals surface area contributed by atoms with Crippen LogP contribution < -0.4 is 0 Å². The van der Waals surface area contributed by atoms with Crippen molar-refractivity contribution in [3.05, 3.63) is 35.9 Å². The number of morpholine rings is 1. The highest BCUT2D eigenvalue weighted by molar-refractivity contribution is 5.79. The average molecular weight is 332 g/mol. The van der Waals surface area contributed by atoms with E-state index in [-0.39, 0.29) is 24.0 Å². The zero-order valence-corrected chi connectivity index (χ0v) is 14.7. The molecule has 0 saturated carbocycles. The van der Waals surface area contributed by atoms with Gasteiger partial charge in [-0.15, -0.1) is 0 Å². The van der Waals surface area contributed by atoms with E-state index in [0.29, 0.717) is 26.4 Å². The molecule has 1 aromatic rings. The van der Waals surface area contributed by atoms with Crippen LogP contribution in [0.3, 0.4) is 0 Å². The van der Waals surface area contributed by atoms with E-state index in [0.717, 1.165) is 24.9 Å². The summed E-state index contributed by atoms with van der Waals surface area (Å²) in [4.78, 5) is 17.4. The van der Waals surface area contributed by atoms with Crippen molar-refractivity contribution in [2.24, 2.45) is 5.92 Å². The molecule has 0 N–H and O–H groups in total. The Kier molecular flexibility index (Phi) is 5.87. The van der Waals surface area contributed by atoms with Gasteiger partial charge in [0.05, 0.1) is 18.8 Å². The molecule has 0 bridgehead atoms. The van der Waals surface area contributed by atoms with Crippen LogP contribution in [0.4, 0.5) is 0 Å². The van der Waals surface area contributed by atoms with Gasteiger partial charge in [-0.2, -0.15) is 0 Å². The summed E-state index contributed by atoms with van der Waals surface area (Å²) < 4.78 is 11.5. The van der Waals surface area contributed by atoms with Gasteiger partial charge < -0.3 is 19.3 Å². The van der Waals surface area contributed by atoms with Crippen molar-refractivity contribution < 1.29 is 14.3 Å². The second-order valence-corrected chi connectivity index (χ2v) is 6.95. The molecule has 3 rings (SSSR count). The van der Waals surface area contributed by atoms with Crippen molar-refractivity contribution >= 4 is 5.91 Å². The van der Waals surface area contributed by atoms with E-state index in [2.05, 4.69) is 21.9 Å². The molecule has 2 aliphatic rings. The second kappa shape index (κ2) is 8.10. The van der Waals surface area contributed by atoms with Crippen molar-refractivity contribution in [1.82, 2.24) is 9.80 Å². The molecule has 0 aromatic heterocycles. The molecule has 1 aromatic carbocycles. The first kappa shape index (κ1) is 17.4. The standard InChI is InChI=1S/C19H28N2O3/c1-20(2)14-17-18(15-6-4-3-5-7-15)21(10-13-24-17)19(22)16-8-11-23-12-9-16/h3-7,16-18H,8-14H2,1-2H3/t17-,18-/m0/s1. The molecule has 2 fully saturated rings. The first-order valence-corrected chi connectivity index (χ1v) is 8.86. The lowest BCUT2D eigenvalue weighted by molar-refractivity contribution is -0.155. The molecule has 2 aliphatic heterocycles. The Morgan fingerprint density at radius 3 is 2.54 bits per heavy atom. The predicted octanol–water partition coefficient (Wildman–Crippen LogP) is 1.94. The summed E-state index contributed by atoms with van der Waals surface area (Å²) in [7, 11) is 4.09. The molecule has 2 heterocycles. The van der Waals surface area contributed by atoms with Crippen LogP contribution in [0.15, 0.2) is 30.3 Å². The molecular weight excluding hydrogens is 304 g/mol. The summed E-state index contributed by atoms with van der Waals surface area (Å²) >= 11 is 0. The molecule has 0 radical (unpaired) electrons. The fraction of sp³-hybridized carbons (Fsp3) is 0.632. The Labute approximate surface area is 144 Å². The lowest BCUT2D eigenvalue weighted by Gasteiger charge is -2.44. The average Bonchev–Trinajstić information content (AvgIpc) is 2.62. The number of nitrogens with zero attached hydrogens (tertiary/aromatic N) is 2. The zero-order valence-electron chi connectivity index (χ0n) is 14.7. The summed E-state index contributed by atoms with van der Waals surface area (Å²) in [5, 5.41) is 0. The van der Waals surface area contributed by atoms with Gasteiger partial charge in [0.15, 0.2) is 0 Å². The summed E-state index contributed by atoms with van der Waals surface area (Å²) in [6.45, 7) is 3.46. The second-order valence-electron chi connectivity index (χ2n) is 6.95. The van der Waals surface area contributed by atoms with Gasteiger partial charge in [0.2, 0.25) is 5.91 Å². The van der Waals surface area contributed by atoms with Crippen LogP contribution >= 0.6 is 0 Å². The third-order valence-corrected chi connectivity index (χ3v) is 4.89. The highest BCUT2D eigenvalue weighted by Crippen LogP contribution is 2.32. The van der Waals surface area contributed by atoms with Crippen LogP contribution in [-0.2, 0) is 14.3 Å². The van der Waals surface area contributed by atoms with Crippen molar-refractivity contribution in [2.75, 3.05) is 47.0 Å². The molecular formula is C19H28N2O3. The Morgan fingerprint density at radius 1 is 1.17 bits per heavy atom. The van der Waals surface area contributed by atoms with Crippen molar-refractivity contribution in [1.29, 1.82) is 0 Å². The first-order chi connectivity index (χ1) is 11.7. The molecule has 24 heavy (non-hydrogen) atoms. The van der Waals surface area contributed by atoms with Gasteiger partial charge in [-0.05, 0) is 32.5 Å². The minimum Gasteiger partial charge on any atom is -0.381 e. The molecule has 0 unspecified atom stereocenters. The minimum atomic E-state index is -0.0160. The summed E-state index contributed by atoms with van der Waals surface area (Å²) in [5.74, 6) is 0.349. The van der Waals surface area contributed by atoms with Crippen LogP contribution in [0.1, 0.15) is 24.4 Å². The van der Waals surface area contributed by atoms with Gasteiger partial charge in [0.25, 0.3) is 0 Å². The summed E-state index contributed by atoms with van der Waals surface area (Å²) in [6, 6.07) is 10.3. The molecule has 1 amide bonds. The zero-order chi connectivity index (χ0) is 16.9. The maximum atomic E-state index is 13.2. The topological polar surface area (TPSA) is 42.0 Å². The van der Waals surface area contributed by atoms with Gasteiger partial charge in [-0.3, -0.25) is 4.79 Å². The van der Waals surface area contributed by atoms with Gasteiger partial charge in [-0.25, -0.2) is 0 Å². The van der Waals surface area contributed by atoms with Gasteiger partial charge in [0, 0.05) is 32.2 Å². The minimum absolute atomic E-state index is 0.0000550.